The molecule has 0 fully saturated rings. The van der Waals surface area contributed by atoms with Gasteiger partial charge in [0.2, 0.25) is 0 Å². The van der Waals surface area contributed by atoms with E-state index in [0.717, 1.165) is 39.8 Å². The molecule has 4 aromatic rings. The number of fused-ring (bicyclic) bond motifs is 3. The highest BCUT2D eigenvalue weighted by Crippen LogP contribution is 2.31. The molecule has 28 heavy (non-hydrogen) atoms. The van der Waals surface area contributed by atoms with E-state index in [1.165, 1.54) is 12.7 Å². The lowest BCUT2D eigenvalue weighted by atomic mass is 10.0. The predicted octanol–water partition coefficient (Wildman–Crippen LogP) is 4.14. The van der Waals surface area contributed by atoms with Crippen LogP contribution in [0.2, 0.25) is 0 Å². The summed E-state index contributed by atoms with van der Waals surface area (Å²) in [5, 5.41) is 4.72. The number of nitrogens with two attached hydrogens (primary N) is 1. The van der Waals surface area contributed by atoms with Gasteiger partial charge in [-0.2, -0.15) is 0 Å². The van der Waals surface area contributed by atoms with Gasteiger partial charge in [-0.3, -0.25) is 5.32 Å². The Morgan fingerprint density at radius 3 is 2.79 bits per heavy atom. The smallest absolute Gasteiger partial charge is 0.411 e. The molecule has 3 N–H and O–H groups in total. The van der Waals surface area contributed by atoms with E-state index in [4.69, 9.17) is 15.5 Å². The maximum absolute atomic E-state index is 11.6. The Balaban J connectivity index is 1.97. The van der Waals surface area contributed by atoms with Crippen molar-refractivity contribution in [2.75, 3.05) is 19.0 Å². The van der Waals surface area contributed by atoms with E-state index in [0.29, 0.717) is 12.2 Å². The van der Waals surface area contributed by atoms with Crippen LogP contribution in [0.15, 0.2) is 54.7 Å². The molecule has 4 rings (SSSR count). The predicted molar refractivity (Wildman–Crippen MR) is 112 cm³/mol. The third-order valence-corrected chi connectivity index (χ3v) is 4.92. The number of ether oxygens (including phenoxy) is 1. The van der Waals surface area contributed by atoms with Crippen LogP contribution in [-0.2, 0) is 11.2 Å². The van der Waals surface area contributed by atoms with E-state index < -0.39 is 6.09 Å². The number of aryl methyl sites for hydroxylation is 1. The zero-order valence-electron chi connectivity index (χ0n) is 15.9. The van der Waals surface area contributed by atoms with Gasteiger partial charge < -0.3 is 14.9 Å². The van der Waals surface area contributed by atoms with Crippen LogP contribution in [0.4, 0.5) is 10.5 Å². The molecule has 0 unspecified atom stereocenters. The van der Waals surface area contributed by atoms with Crippen molar-refractivity contribution in [3.63, 3.8) is 0 Å². The molecule has 6 heteroatoms. The molecular formula is C22H22N4O2. The minimum absolute atomic E-state index is 0.501. The van der Waals surface area contributed by atoms with Crippen LogP contribution in [0, 0.1) is 6.92 Å². The summed E-state index contributed by atoms with van der Waals surface area (Å²) in [5.41, 5.74) is 11.7. The van der Waals surface area contributed by atoms with Gasteiger partial charge in [0.05, 0.1) is 18.5 Å². The van der Waals surface area contributed by atoms with Gasteiger partial charge in [0.25, 0.3) is 0 Å². The van der Waals surface area contributed by atoms with Crippen LogP contribution < -0.4 is 11.1 Å². The second kappa shape index (κ2) is 7.32. The van der Waals surface area contributed by atoms with Crippen LogP contribution in [0.25, 0.3) is 27.7 Å². The van der Waals surface area contributed by atoms with Gasteiger partial charge >= 0.3 is 6.09 Å². The van der Waals surface area contributed by atoms with Crippen molar-refractivity contribution in [1.29, 1.82) is 0 Å². The first-order valence-electron chi connectivity index (χ1n) is 9.17. The molecule has 0 bridgehead atoms. The monoisotopic (exact) mass is 374 g/mol. The van der Waals surface area contributed by atoms with E-state index in [2.05, 4.69) is 28.8 Å². The quantitative estimate of drug-likeness (QED) is 0.562. The van der Waals surface area contributed by atoms with Crippen molar-refractivity contribution < 1.29 is 9.53 Å². The lowest BCUT2D eigenvalue weighted by molar-refractivity contribution is 0.187. The Kier molecular flexibility index (Phi) is 4.71. The fourth-order valence-electron chi connectivity index (χ4n) is 3.54. The fourth-order valence-corrected chi connectivity index (χ4v) is 3.54. The van der Waals surface area contributed by atoms with Gasteiger partial charge in [-0.25, -0.2) is 9.78 Å². The average molecular weight is 374 g/mol. The standard InChI is InChI=1S/C22H22N4O2/c1-14-5-3-4-6-17(14)20-19(9-11-23)26-12-10-15-7-8-16(24-22(27)28-2)13-18(15)21(26)25-20/h3-8,10,12-13H,9,11,23H2,1-2H3,(H,24,27). The third-order valence-electron chi connectivity index (χ3n) is 4.92. The minimum Gasteiger partial charge on any atom is -0.453 e. The van der Waals surface area contributed by atoms with Crippen molar-refractivity contribution >= 4 is 28.2 Å². The molecule has 142 valence electrons. The maximum atomic E-state index is 11.6. The molecule has 6 nitrogen and oxygen atoms in total. The zero-order chi connectivity index (χ0) is 19.7. The summed E-state index contributed by atoms with van der Waals surface area (Å²) >= 11 is 0. The largest absolute Gasteiger partial charge is 0.453 e. The number of anilines is 1. The van der Waals surface area contributed by atoms with E-state index in [-0.39, 0.29) is 0 Å². The third kappa shape index (κ3) is 3.08. The summed E-state index contributed by atoms with van der Waals surface area (Å²) in [6.45, 7) is 2.62. The number of methoxy groups -OCH3 is 1. The molecule has 1 amide bonds. The first-order valence-corrected chi connectivity index (χ1v) is 9.17. The first-order chi connectivity index (χ1) is 13.6. The molecule has 0 saturated carbocycles. The fraction of sp³-hybridized carbons (Fsp3) is 0.182. The average Bonchev–Trinajstić information content (AvgIpc) is 3.07. The number of pyridine rings is 1. The van der Waals surface area contributed by atoms with Crippen LogP contribution in [0.1, 0.15) is 11.3 Å². The van der Waals surface area contributed by atoms with Crippen molar-refractivity contribution in [2.45, 2.75) is 13.3 Å². The van der Waals surface area contributed by atoms with Crippen LogP contribution in [0.3, 0.4) is 0 Å². The van der Waals surface area contributed by atoms with Crippen LogP contribution >= 0.6 is 0 Å². The molecule has 2 aromatic heterocycles. The number of rotatable bonds is 4. The first kappa shape index (κ1) is 18.0. The molecule has 0 spiro atoms. The summed E-state index contributed by atoms with van der Waals surface area (Å²) in [6.07, 6.45) is 2.25. The number of benzene rings is 2. The zero-order valence-corrected chi connectivity index (χ0v) is 15.9. The Bertz CT molecular complexity index is 1180. The molecule has 0 aliphatic rings. The summed E-state index contributed by atoms with van der Waals surface area (Å²) in [5.74, 6) is 0. The van der Waals surface area contributed by atoms with Crippen molar-refractivity contribution in [3.8, 4) is 11.3 Å². The lowest BCUT2D eigenvalue weighted by Gasteiger charge is -2.08. The summed E-state index contributed by atoms with van der Waals surface area (Å²) in [4.78, 5) is 16.6. The number of amides is 1. The van der Waals surface area contributed by atoms with E-state index in [9.17, 15) is 4.79 Å². The Morgan fingerprint density at radius 2 is 2.04 bits per heavy atom. The number of imidazole rings is 1. The highest BCUT2D eigenvalue weighted by molar-refractivity contribution is 5.99. The Hall–Kier alpha value is -3.38. The lowest BCUT2D eigenvalue weighted by Crippen LogP contribution is -2.10. The molecule has 0 atom stereocenters. The van der Waals surface area contributed by atoms with Crippen LogP contribution in [0.5, 0.6) is 0 Å². The number of nitrogens with one attached hydrogen (secondary N) is 1. The van der Waals surface area contributed by atoms with Gasteiger partial charge in [-0.05, 0) is 42.6 Å². The summed E-state index contributed by atoms with van der Waals surface area (Å²) in [7, 11) is 1.34. The second-order valence-electron chi connectivity index (χ2n) is 6.69. The molecule has 0 aliphatic heterocycles. The van der Waals surface area contributed by atoms with E-state index >= 15 is 0 Å². The topological polar surface area (TPSA) is 81.6 Å². The Labute approximate surface area is 162 Å². The number of carbonyl (C=O) groups is 1. The van der Waals surface area contributed by atoms with Crippen molar-refractivity contribution in [2.24, 2.45) is 5.73 Å². The summed E-state index contributed by atoms with van der Waals surface area (Å²) < 4.78 is 6.79. The number of aromatic nitrogens is 2. The van der Waals surface area contributed by atoms with Gasteiger partial charge in [0.15, 0.2) is 0 Å². The van der Waals surface area contributed by atoms with E-state index in [1.807, 2.05) is 42.6 Å². The van der Waals surface area contributed by atoms with Crippen molar-refractivity contribution in [1.82, 2.24) is 9.38 Å². The second-order valence-corrected chi connectivity index (χ2v) is 6.69. The Morgan fingerprint density at radius 1 is 1.21 bits per heavy atom. The van der Waals surface area contributed by atoms with Gasteiger partial charge in [0.1, 0.15) is 5.65 Å². The van der Waals surface area contributed by atoms with Crippen LogP contribution in [-0.4, -0.2) is 29.1 Å². The van der Waals surface area contributed by atoms with Gasteiger partial charge in [0, 0.05) is 29.3 Å². The van der Waals surface area contributed by atoms with Crippen molar-refractivity contribution in [3.05, 3.63) is 66.0 Å². The molecule has 0 saturated heterocycles. The molecule has 0 aliphatic carbocycles. The molecule has 0 radical (unpaired) electrons. The highest BCUT2D eigenvalue weighted by Gasteiger charge is 2.17. The SMILES string of the molecule is COC(=O)Nc1ccc2ccn3c(CCN)c(-c4ccccc4C)nc3c2c1. The number of hydrogen-bond donors (Lipinski definition) is 2. The van der Waals surface area contributed by atoms with E-state index in [1.54, 1.807) is 0 Å². The number of nitrogens with zero attached hydrogens (tertiary/aromatic N) is 2. The number of carbonyl (C=O) groups excluding carboxylic acids is 1. The highest BCUT2D eigenvalue weighted by atomic mass is 16.5. The number of hydrogen-bond acceptors (Lipinski definition) is 4. The molecular weight excluding hydrogens is 352 g/mol. The summed E-state index contributed by atoms with van der Waals surface area (Å²) in [6, 6.07) is 16.0. The molecule has 2 aromatic carbocycles. The normalized spacial score (nSPS) is 11.1. The van der Waals surface area contributed by atoms with Gasteiger partial charge in [-0.1, -0.05) is 30.3 Å². The van der Waals surface area contributed by atoms with Gasteiger partial charge in [-0.15, -0.1) is 0 Å². The maximum Gasteiger partial charge on any atom is 0.411 e. The molecule has 2 heterocycles. The minimum atomic E-state index is -0.501.